The highest BCUT2D eigenvalue weighted by atomic mass is 19.1. The van der Waals surface area contributed by atoms with Gasteiger partial charge in [0.15, 0.2) is 0 Å². The van der Waals surface area contributed by atoms with Gasteiger partial charge in [0, 0.05) is 12.1 Å². The number of nitro groups is 2. The van der Waals surface area contributed by atoms with Gasteiger partial charge in [-0.25, -0.2) is 14.0 Å². The second kappa shape index (κ2) is 11.8. The van der Waals surface area contributed by atoms with Gasteiger partial charge in [0.05, 0.1) is 27.5 Å². The molecule has 0 heterocycles. The van der Waals surface area contributed by atoms with Gasteiger partial charge in [-0.1, -0.05) is 13.5 Å². The third kappa shape index (κ3) is 7.60. The van der Waals surface area contributed by atoms with Gasteiger partial charge in [-0.05, 0) is 49.2 Å². The third-order valence-corrected chi connectivity index (χ3v) is 4.22. The topological polar surface area (TPSA) is 170 Å². The fourth-order valence-electron chi connectivity index (χ4n) is 2.80. The number of carbonyl (C=O) groups is 2. The molecular weight excluding hydrogens is 467 g/mol. The lowest BCUT2D eigenvalue weighted by Crippen LogP contribution is -2.01. The molecule has 0 aliphatic carbocycles. The molecular formula is C23H21FN2O9. The molecule has 12 heteroatoms. The maximum Gasteiger partial charge on any atom is 0.339 e. The first-order valence-corrected chi connectivity index (χ1v) is 9.34. The monoisotopic (exact) mass is 488 g/mol. The summed E-state index contributed by atoms with van der Waals surface area (Å²) in [4.78, 5) is 41.0. The molecule has 3 rings (SSSR count). The molecule has 184 valence electrons. The zero-order valence-corrected chi connectivity index (χ0v) is 17.7. The van der Waals surface area contributed by atoms with Crippen LogP contribution in [0.2, 0.25) is 0 Å². The quantitative estimate of drug-likeness (QED) is 0.323. The first-order valence-electron chi connectivity index (χ1n) is 9.34. The number of hydrogen-bond donors (Lipinski definition) is 2. The first-order chi connectivity index (χ1) is 15.9. The van der Waals surface area contributed by atoms with Gasteiger partial charge in [-0.2, -0.15) is 0 Å². The Bertz CT molecular complexity index is 1270. The lowest BCUT2D eigenvalue weighted by molar-refractivity contribution is -0.385. The highest BCUT2D eigenvalue weighted by molar-refractivity contribution is 5.91. The second-order valence-electron chi connectivity index (χ2n) is 6.89. The number of aromatic carboxylic acids is 2. The number of carboxylic acid groups (broad SMARTS) is 2. The van der Waals surface area contributed by atoms with E-state index in [0.717, 1.165) is 35.4 Å². The molecule has 11 nitrogen and oxygen atoms in total. The van der Waals surface area contributed by atoms with Crippen molar-refractivity contribution in [1.29, 1.82) is 0 Å². The van der Waals surface area contributed by atoms with Crippen molar-refractivity contribution < 1.29 is 38.8 Å². The largest absolute Gasteiger partial charge is 0.478 e. The Balaban J connectivity index is 0.000000378. The number of hydrogen-bond acceptors (Lipinski definition) is 7. The second-order valence-corrected chi connectivity index (χ2v) is 6.89. The number of halogens is 1. The van der Waals surface area contributed by atoms with Gasteiger partial charge in [0.2, 0.25) is 0 Å². The summed E-state index contributed by atoms with van der Waals surface area (Å²) >= 11 is 0. The van der Waals surface area contributed by atoms with Crippen LogP contribution in [0.5, 0.6) is 11.5 Å². The highest BCUT2D eigenvalue weighted by Crippen LogP contribution is 2.30. The maximum absolute atomic E-state index is 12.8. The van der Waals surface area contributed by atoms with Crippen molar-refractivity contribution in [3.63, 3.8) is 0 Å². The van der Waals surface area contributed by atoms with Crippen LogP contribution in [0.1, 0.15) is 39.3 Å². The number of rotatable bonds is 6. The lowest BCUT2D eigenvalue weighted by Gasteiger charge is -2.10. The van der Waals surface area contributed by atoms with E-state index in [9.17, 15) is 34.2 Å². The van der Waals surface area contributed by atoms with Crippen molar-refractivity contribution in [3.05, 3.63) is 103 Å². The molecule has 0 saturated carbocycles. The third-order valence-electron chi connectivity index (χ3n) is 4.22. The Labute approximate surface area is 198 Å². The minimum absolute atomic E-state index is 0. The van der Waals surface area contributed by atoms with Crippen LogP contribution in [0.3, 0.4) is 0 Å². The summed E-state index contributed by atoms with van der Waals surface area (Å²) in [6, 6.07) is 11.2. The van der Waals surface area contributed by atoms with Crippen molar-refractivity contribution >= 4 is 23.3 Å². The van der Waals surface area contributed by atoms with E-state index in [4.69, 9.17) is 14.9 Å². The van der Waals surface area contributed by atoms with E-state index >= 15 is 0 Å². The molecule has 35 heavy (non-hydrogen) atoms. The van der Waals surface area contributed by atoms with Crippen molar-refractivity contribution in [2.24, 2.45) is 0 Å². The normalized spacial score (nSPS) is 9.69. The zero-order valence-electron chi connectivity index (χ0n) is 17.7. The number of aryl methyl sites for hydroxylation is 2. The molecule has 0 aliphatic heterocycles. The Kier molecular flexibility index (Phi) is 9.52. The minimum atomic E-state index is -1.45. The summed E-state index contributed by atoms with van der Waals surface area (Å²) in [5, 5.41) is 38.4. The van der Waals surface area contributed by atoms with Crippen LogP contribution in [0.25, 0.3) is 0 Å². The summed E-state index contributed by atoms with van der Waals surface area (Å²) < 4.78 is 18.3. The van der Waals surface area contributed by atoms with E-state index in [2.05, 4.69) is 0 Å². The van der Waals surface area contributed by atoms with Crippen molar-refractivity contribution in [2.45, 2.75) is 21.3 Å². The van der Waals surface area contributed by atoms with Gasteiger partial charge in [0.25, 0.3) is 11.4 Å². The zero-order chi connectivity index (χ0) is 25.6. The van der Waals surface area contributed by atoms with Gasteiger partial charge >= 0.3 is 11.9 Å². The van der Waals surface area contributed by atoms with Crippen LogP contribution in [-0.4, -0.2) is 32.0 Å². The van der Waals surface area contributed by atoms with Gasteiger partial charge in [-0.15, -0.1) is 0 Å². The van der Waals surface area contributed by atoms with E-state index in [1.54, 1.807) is 12.1 Å². The number of nitrogens with zero attached hydrogens (tertiary/aromatic N) is 2. The molecule has 0 unspecified atom stereocenters. The molecule has 0 saturated heterocycles. The Morgan fingerprint density at radius 2 is 1.26 bits per heavy atom. The van der Waals surface area contributed by atoms with Gasteiger partial charge in [-0.3, -0.25) is 20.2 Å². The summed E-state index contributed by atoms with van der Waals surface area (Å²) in [5.41, 5.74) is 0.506. The maximum atomic E-state index is 12.8. The standard InChI is InChI=1S/C15H13NO5.C7H4FNO4.CH4/c1-9-5-10(2)7-12(6-9)21-14-8-11(16(19)20)3-4-13(14)15(17)18;8-6-3-4(9(12)13)1-2-5(6)7(10)11;/h3-8H,1-2H3,(H,17,18);1-3H,(H,10,11);1H4. The number of non-ortho nitro benzene ring substituents is 2. The molecule has 0 atom stereocenters. The summed E-state index contributed by atoms with van der Waals surface area (Å²) in [6.07, 6.45) is 0. The summed E-state index contributed by atoms with van der Waals surface area (Å²) in [6.45, 7) is 3.76. The fraction of sp³-hybridized carbons (Fsp3) is 0.130. The number of carboxylic acids is 2. The SMILES string of the molecule is C.Cc1cc(C)cc(Oc2cc([N+](=O)[O-])ccc2C(=O)O)c1.O=C(O)c1ccc([N+](=O)[O-])cc1F. The Morgan fingerprint density at radius 3 is 1.69 bits per heavy atom. The highest BCUT2D eigenvalue weighted by Gasteiger charge is 2.17. The minimum Gasteiger partial charge on any atom is -0.478 e. The predicted molar refractivity (Wildman–Crippen MR) is 123 cm³/mol. The smallest absolute Gasteiger partial charge is 0.339 e. The molecule has 0 fully saturated rings. The van der Waals surface area contributed by atoms with Crippen molar-refractivity contribution in [1.82, 2.24) is 0 Å². The van der Waals surface area contributed by atoms with Crippen LogP contribution in [0.4, 0.5) is 15.8 Å². The first kappa shape index (κ1) is 28.2. The summed E-state index contributed by atoms with van der Waals surface area (Å²) in [5.74, 6) is -3.38. The van der Waals surface area contributed by atoms with Crippen LogP contribution < -0.4 is 4.74 Å². The van der Waals surface area contributed by atoms with Crippen LogP contribution in [0, 0.1) is 39.9 Å². The molecule has 0 aliphatic rings. The summed E-state index contributed by atoms with van der Waals surface area (Å²) in [7, 11) is 0. The molecule has 0 spiro atoms. The van der Waals surface area contributed by atoms with Crippen molar-refractivity contribution in [3.8, 4) is 11.5 Å². The van der Waals surface area contributed by atoms with E-state index in [0.29, 0.717) is 11.8 Å². The van der Waals surface area contributed by atoms with Gasteiger partial charge < -0.3 is 14.9 Å². The molecule has 0 radical (unpaired) electrons. The van der Waals surface area contributed by atoms with Crippen LogP contribution >= 0.6 is 0 Å². The lowest BCUT2D eigenvalue weighted by atomic mass is 10.1. The Morgan fingerprint density at radius 1 is 0.800 bits per heavy atom. The molecule has 0 aromatic heterocycles. The van der Waals surface area contributed by atoms with E-state index in [1.807, 2.05) is 19.9 Å². The van der Waals surface area contributed by atoms with Gasteiger partial charge in [0.1, 0.15) is 22.9 Å². The number of nitro benzene ring substituents is 2. The van der Waals surface area contributed by atoms with Crippen molar-refractivity contribution in [2.75, 3.05) is 0 Å². The Hall–Kier alpha value is -4.87. The molecule has 3 aromatic rings. The average molecular weight is 488 g/mol. The van der Waals surface area contributed by atoms with Crippen LogP contribution in [0.15, 0.2) is 54.6 Å². The van der Waals surface area contributed by atoms with E-state index < -0.39 is 38.9 Å². The number of benzene rings is 3. The van der Waals surface area contributed by atoms with E-state index in [1.165, 1.54) is 6.07 Å². The molecule has 0 amide bonds. The number of ether oxygens (including phenoxy) is 1. The van der Waals surface area contributed by atoms with Crippen LogP contribution in [-0.2, 0) is 0 Å². The molecule has 3 aromatic carbocycles. The fourth-order valence-corrected chi connectivity index (χ4v) is 2.80. The van der Waals surface area contributed by atoms with E-state index in [-0.39, 0.29) is 24.4 Å². The average Bonchev–Trinajstić information content (AvgIpc) is 2.72. The molecule has 2 N–H and O–H groups in total. The predicted octanol–water partition coefficient (Wildman–Crippen LogP) is 5.77. The molecule has 0 bridgehead atoms.